The molecule has 6 heteroatoms. The van der Waals surface area contributed by atoms with E-state index in [2.05, 4.69) is 56.5 Å². The fourth-order valence-corrected chi connectivity index (χ4v) is 2.77. The van der Waals surface area contributed by atoms with Crippen molar-refractivity contribution in [3.05, 3.63) is 39.9 Å². The summed E-state index contributed by atoms with van der Waals surface area (Å²) in [4.78, 5) is 4.21. The van der Waals surface area contributed by atoms with E-state index in [1.165, 1.54) is 11.1 Å². The van der Waals surface area contributed by atoms with Gasteiger partial charge in [-0.3, -0.25) is 4.98 Å². The van der Waals surface area contributed by atoms with Gasteiger partial charge in [-0.15, -0.1) is 5.10 Å². The standard InChI is InChI=1S/C13H18BrN5/c1-4-9-8-15-7-6-10(9)11(16-5-2)12-13(14)17-18-19(12)3/h6-8,11,16H,4-5H2,1-3H3. The molecule has 2 aromatic rings. The number of halogens is 1. The number of nitrogens with one attached hydrogen (secondary N) is 1. The number of aromatic nitrogens is 4. The SMILES string of the molecule is CCNC(c1ccncc1CC)c1c(Br)nnn1C. The Kier molecular flexibility index (Phi) is 4.66. The van der Waals surface area contributed by atoms with Crippen LogP contribution in [0.3, 0.4) is 0 Å². The molecule has 2 rings (SSSR count). The van der Waals surface area contributed by atoms with Gasteiger partial charge in [-0.2, -0.15) is 0 Å². The smallest absolute Gasteiger partial charge is 0.153 e. The summed E-state index contributed by atoms with van der Waals surface area (Å²) >= 11 is 3.48. The Balaban J connectivity index is 2.51. The molecule has 0 saturated carbocycles. The third-order valence-corrected chi connectivity index (χ3v) is 3.71. The van der Waals surface area contributed by atoms with Crippen LogP contribution in [0.2, 0.25) is 0 Å². The van der Waals surface area contributed by atoms with Gasteiger partial charge in [0, 0.05) is 19.4 Å². The molecular formula is C13H18BrN5. The van der Waals surface area contributed by atoms with Crippen molar-refractivity contribution in [2.24, 2.45) is 7.05 Å². The topological polar surface area (TPSA) is 55.6 Å². The van der Waals surface area contributed by atoms with Crippen molar-refractivity contribution < 1.29 is 0 Å². The molecule has 0 aliphatic carbocycles. The maximum Gasteiger partial charge on any atom is 0.153 e. The van der Waals surface area contributed by atoms with Crippen molar-refractivity contribution >= 4 is 15.9 Å². The Bertz CT molecular complexity index is 532. The highest BCUT2D eigenvalue weighted by Gasteiger charge is 2.22. The van der Waals surface area contributed by atoms with Crippen molar-refractivity contribution in [3.8, 4) is 0 Å². The number of aryl methyl sites for hydroxylation is 2. The molecule has 0 radical (unpaired) electrons. The van der Waals surface area contributed by atoms with Crippen molar-refractivity contribution in [2.45, 2.75) is 26.3 Å². The first kappa shape index (κ1) is 14.1. The minimum atomic E-state index is 0.0670. The average Bonchev–Trinajstić information content (AvgIpc) is 2.76. The number of hydrogen-bond acceptors (Lipinski definition) is 4. The number of hydrogen-bond donors (Lipinski definition) is 1. The van der Waals surface area contributed by atoms with E-state index in [0.717, 1.165) is 23.3 Å². The van der Waals surface area contributed by atoms with Gasteiger partial charge in [0.1, 0.15) is 0 Å². The van der Waals surface area contributed by atoms with Crippen LogP contribution < -0.4 is 5.32 Å². The van der Waals surface area contributed by atoms with Crippen LogP contribution in [0.4, 0.5) is 0 Å². The van der Waals surface area contributed by atoms with Crippen LogP contribution in [0.5, 0.6) is 0 Å². The molecule has 2 aromatic heterocycles. The fourth-order valence-electron chi connectivity index (χ4n) is 2.22. The van der Waals surface area contributed by atoms with Crippen molar-refractivity contribution in [1.82, 2.24) is 25.3 Å². The van der Waals surface area contributed by atoms with Crippen LogP contribution in [-0.4, -0.2) is 26.5 Å². The lowest BCUT2D eigenvalue weighted by Gasteiger charge is -2.21. The quantitative estimate of drug-likeness (QED) is 0.916. The van der Waals surface area contributed by atoms with Gasteiger partial charge in [0.2, 0.25) is 0 Å². The summed E-state index contributed by atoms with van der Waals surface area (Å²) in [5, 5.41) is 11.6. The molecule has 0 bridgehead atoms. The lowest BCUT2D eigenvalue weighted by atomic mass is 9.98. The number of nitrogens with zero attached hydrogens (tertiary/aromatic N) is 4. The molecule has 0 amide bonds. The summed E-state index contributed by atoms with van der Waals surface area (Å²) in [5.74, 6) is 0. The predicted octanol–water partition coefficient (Wildman–Crippen LogP) is 2.23. The highest BCUT2D eigenvalue weighted by molar-refractivity contribution is 9.10. The minimum absolute atomic E-state index is 0.0670. The molecule has 102 valence electrons. The van der Waals surface area contributed by atoms with Crippen molar-refractivity contribution in [3.63, 3.8) is 0 Å². The van der Waals surface area contributed by atoms with E-state index in [4.69, 9.17) is 0 Å². The Morgan fingerprint density at radius 2 is 2.21 bits per heavy atom. The van der Waals surface area contributed by atoms with Crippen LogP contribution in [0.15, 0.2) is 23.1 Å². The third-order valence-electron chi connectivity index (χ3n) is 3.14. The van der Waals surface area contributed by atoms with E-state index < -0.39 is 0 Å². The van der Waals surface area contributed by atoms with Gasteiger partial charge in [0.25, 0.3) is 0 Å². The van der Waals surface area contributed by atoms with Crippen molar-refractivity contribution in [1.29, 1.82) is 0 Å². The first-order valence-corrected chi connectivity index (χ1v) is 7.19. The molecule has 0 spiro atoms. The summed E-state index contributed by atoms with van der Waals surface area (Å²) < 4.78 is 2.58. The summed E-state index contributed by atoms with van der Waals surface area (Å²) in [7, 11) is 1.91. The van der Waals surface area contributed by atoms with Crippen molar-refractivity contribution in [2.75, 3.05) is 6.54 Å². The molecule has 0 fully saturated rings. The number of rotatable bonds is 5. The first-order chi connectivity index (χ1) is 9.19. The lowest BCUT2D eigenvalue weighted by molar-refractivity contribution is 0.563. The zero-order chi connectivity index (χ0) is 13.8. The average molecular weight is 324 g/mol. The molecule has 1 atom stereocenters. The first-order valence-electron chi connectivity index (χ1n) is 6.40. The van der Waals surface area contributed by atoms with E-state index in [0.29, 0.717) is 0 Å². The summed E-state index contributed by atoms with van der Waals surface area (Å²) in [6.45, 7) is 5.10. The summed E-state index contributed by atoms with van der Waals surface area (Å²) in [6.07, 6.45) is 4.71. The minimum Gasteiger partial charge on any atom is -0.305 e. The lowest BCUT2D eigenvalue weighted by Crippen LogP contribution is -2.25. The van der Waals surface area contributed by atoms with Gasteiger partial charge >= 0.3 is 0 Å². The highest BCUT2D eigenvalue weighted by atomic mass is 79.9. The maximum absolute atomic E-state index is 4.21. The van der Waals surface area contributed by atoms with Crippen LogP contribution in [0, 0.1) is 0 Å². The Labute approximate surface area is 121 Å². The van der Waals surface area contributed by atoms with Crippen LogP contribution in [0.25, 0.3) is 0 Å². The monoisotopic (exact) mass is 323 g/mol. The molecule has 1 unspecified atom stereocenters. The van der Waals surface area contributed by atoms with E-state index in [-0.39, 0.29) is 6.04 Å². The molecule has 5 nitrogen and oxygen atoms in total. The second kappa shape index (κ2) is 6.25. The van der Waals surface area contributed by atoms with Gasteiger partial charge in [0.15, 0.2) is 4.60 Å². The molecule has 0 saturated heterocycles. The summed E-state index contributed by atoms with van der Waals surface area (Å²) in [6, 6.07) is 2.13. The van der Waals surface area contributed by atoms with Gasteiger partial charge in [0.05, 0.1) is 11.7 Å². The zero-order valence-corrected chi connectivity index (χ0v) is 13.0. The zero-order valence-electron chi connectivity index (χ0n) is 11.4. The van der Waals surface area contributed by atoms with E-state index in [1.54, 1.807) is 4.68 Å². The molecule has 0 aliphatic rings. The van der Waals surface area contributed by atoms with Crippen LogP contribution in [-0.2, 0) is 13.5 Å². The predicted molar refractivity (Wildman–Crippen MR) is 77.8 cm³/mol. The maximum atomic E-state index is 4.21. The molecular weight excluding hydrogens is 306 g/mol. The Hall–Kier alpha value is -1.27. The second-order valence-corrected chi connectivity index (χ2v) is 5.06. The molecule has 0 aliphatic heterocycles. The highest BCUT2D eigenvalue weighted by Crippen LogP contribution is 2.28. The molecule has 19 heavy (non-hydrogen) atoms. The largest absolute Gasteiger partial charge is 0.305 e. The van der Waals surface area contributed by atoms with E-state index >= 15 is 0 Å². The molecule has 2 heterocycles. The Morgan fingerprint density at radius 1 is 1.42 bits per heavy atom. The van der Waals surface area contributed by atoms with E-state index in [1.807, 2.05) is 19.4 Å². The third kappa shape index (κ3) is 2.84. The Morgan fingerprint density at radius 3 is 2.79 bits per heavy atom. The second-order valence-electron chi connectivity index (χ2n) is 4.31. The molecule has 0 aromatic carbocycles. The van der Waals surface area contributed by atoms with E-state index in [9.17, 15) is 0 Å². The summed E-state index contributed by atoms with van der Waals surface area (Å²) in [5.41, 5.74) is 3.50. The number of pyridine rings is 1. The fraction of sp³-hybridized carbons (Fsp3) is 0.462. The molecule has 1 N–H and O–H groups in total. The van der Waals surface area contributed by atoms with Gasteiger partial charge in [-0.1, -0.05) is 19.1 Å². The van der Waals surface area contributed by atoms with Crippen LogP contribution >= 0.6 is 15.9 Å². The van der Waals surface area contributed by atoms with Crippen LogP contribution in [0.1, 0.15) is 36.7 Å². The van der Waals surface area contributed by atoms with Gasteiger partial charge in [-0.05, 0) is 46.1 Å². The van der Waals surface area contributed by atoms with Gasteiger partial charge < -0.3 is 5.32 Å². The van der Waals surface area contributed by atoms with Gasteiger partial charge in [-0.25, -0.2) is 4.68 Å². The normalized spacial score (nSPS) is 12.6.